The first-order valence-corrected chi connectivity index (χ1v) is 5.37. The summed E-state index contributed by atoms with van der Waals surface area (Å²) in [7, 11) is 1.92. The second-order valence-electron chi connectivity index (χ2n) is 4.46. The van der Waals surface area contributed by atoms with Gasteiger partial charge in [-0.3, -0.25) is 0 Å². The maximum absolute atomic E-state index is 4.59. The Bertz CT molecular complexity index is 336. The lowest BCUT2D eigenvalue weighted by molar-refractivity contribution is 1.01. The van der Waals surface area contributed by atoms with Crippen molar-refractivity contribution in [2.75, 3.05) is 12.4 Å². The monoisotopic (exact) mass is 188 g/mol. The van der Waals surface area contributed by atoms with Crippen molar-refractivity contribution >= 4 is 12.5 Å². The molecule has 0 unspecified atom stereocenters. The molecular weight excluding hydrogens is 171 g/mol. The van der Waals surface area contributed by atoms with E-state index in [-0.39, 0.29) is 0 Å². The smallest absolute Gasteiger partial charge is 0.153 e. The van der Waals surface area contributed by atoms with Crippen molar-refractivity contribution in [2.45, 2.75) is 32.3 Å². The van der Waals surface area contributed by atoms with Crippen LogP contribution < -0.4 is 5.32 Å². The number of aromatic nitrogens is 1. The Morgan fingerprint density at radius 1 is 1.36 bits per heavy atom. The van der Waals surface area contributed by atoms with Crippen LogP contribution in [0.5, 0.6) is 0 Å². The average molecular weight is 188 g/mol. The van der Waals surface area contributed by atoms with Gasteiger partial charge in [0.05, 0.1) is 0 Å². The van der Waals surface area contributed by atoms with Crippen molar-refractivity contribution in [3.8, 4) is 0 Å². The van der Waals surface area contributed by atoms with Crippen LogP contribution in [0.2, 0.25) is 5.82 Å². The standard InChI is InChI=1S/C11H17BN2/c1-8(2)12-6-9-4-5-11(13-3)14-10(9)7-12/h4-5,8H,6-7H2,1-3H3,(H,13,14). The van der Waals surface area contributed by atoms with E-state index in [1.54, 1.807) is 0 Å². The summed E-state index contributed by atoms with van der Waals surface area (Å²) in [5.41, 5.74) is 2.75. The van der Waals surface area contributed by atoms with Crippen molar-refractivity contribution in [1.29, 1.82) is 0 Å². The Morgan fingerprint density at radius 2 is 2.14 bits per heavy atom. The molecule has 1 aliphatic heterocycles. The van der Waals surface area contributed by atoms with Gasteiger partial charge in [0, 0.05) is 12.7 Å². The molecule has 0 atom stereocenters. The largest absolute Gasteiger partial charge is 0.373 e. The number of hydrogen-bond donors (Lipinski definition) is 1. The van der Waals surface area contributed by atoms with Gasteiger partial charge in [0.1, 0.15) is 5.82 Å². The third-order valence-corrected chi connectivity index (χ3v) is 3.21. The van der Waals surface area contributed by atoms with Crippen LogP contribution in [-0.4, -0.2) is 18.7 Å². The molecule has 1 aromatic rings. The number of nitrogens with one attached hydrogen (secondary N) is 1. The van der Waals surface area contributed by atoms with Crippen LogP contribution in [0.1, 0.15) is 25.1 Å². The highest BCUT2D eigenvalue weighted by atomic mass is 15.0. The molecule has 0 fully saturated rings. The molecule has 0 radical (unpaired) electrons. The SMILES string of the molecule is CNc1ccc2c(n1)CB(C(C)C)C2. The van der Waals surface area contributed by atoms with Crippen LogP contribution in [0, 0.1) is 0 Å². The van der Waals surface area contributed by atoms with E-state index in [0.717, 1.165) is 24.7 Å². The molecule has 14 heavy (non-hydrogen) atoms. The van der Waals surface area contributed by atoms with E-state index in [1.165, 1.54) is 17.6 Å². The zero-order chi connectivity index (χ0) is 10.1. The molecule has 0 bridgehead atoms. The van der Waals surface area contributed by atoms with Gasteiger partial charge in [-0.2, -0.15) is 0 Å². The Labute approximate surface area is 86.2 Å². The highest BCUT2D eigenvalue weighted by Gasteiger charge is 2.28. The van der Waals surface area contributed by atoms with Gasteiger partial charge in [-0.05, 0) is 24.3 Å². The molecular formula is C11H17BN2. The normalized spacial score (nSPS) is 14.7. The molecule has 74 valence electrons. The van der Waals surface area contributed by atoms with Crippen LogP contribution in [-0.2, 0) is 12.6 Å². The lowest BCUT2D eigenvalue weighted by atomic mass is 9.40. The topological polar surface area (TPSA) is 24.9 Å². The minimum atomic E-state index is 0.766. The van der Waals surface area contributed by atoms with Gasteiger partial charge >= 0.3 is 0 Å². The fourth-order valence-corrected chi connectivity index (χ4v) is 2.11. The summed E-state index contributed by atoms with van der Waals surface area (Å²) >= 11 is 0. The first-order chi connectivity index (χ1) is 6.70. The fourth-order valence-electron chi connectivity index (χ4n) is 2.11. The number of nitrogens with zero attached hydrogens (tertiary/aromatic N) is 1. The molecule has 0 amide bonds. The first-order valence-electron chi connectivity index (χ1n) is 5.37. The third kappa shape index (κ3) is 1.63. The molecule has 0 aromatic carbocycles. The summed E-state index contributed by atoms with van der Waals surface area (Å²) in [5, 5.41) is 3.09. The third-order valence-electron chi connectivity index (χ3n) is 3.21. The zero-order valence-corrected chi connectivity index (χ0v) is 9.17. The van der Waals surface area contributed by atoms with E-state index < -0.39 is 0 Å². The Hall–Kier alpha value is -0.985. The Balaban J connectivity index is 2.22. The summed E-state index contributed by atoms with van der Waals surface area (Å²) < 4.78 is 0. The predicted molar refractivity (Wildman–Crippen MR) is 62.0 cm³/mol. The highest BCUT2D eigenvalue weighted by Crippen LogP contribution is 2.26. The molecule has 3 heteroatoms. The van der Waals surface area contributed by atoms with Gasteiger partial charge < -0.3 is 5.32 Å². The summed E-state index contributed by atoms with van der Waals surface area (Å²) in [6.07, 6.45) is 2.37. The van der Waals surface area contributed by atoms with Crippen molar-refractivity contribution in [2.24, 2.45) is 0 Å². The van der Waals surface area contributed by atoms with Crippen molar-refractivity contribution in [1.82, 2.24) is 4.98 Å². The van der Waals surface area contributed by atoms with E-state index in [1.807, 2.05) is 7.05 Å². The van der Waals surface area contributed by atoms with Gasteiger partial charge in [-0.1, -0.05) is 25.7 Å². The number of rotatable bonds is 2. The lowest BCUT2D eigenvalue weighted by Crippen LogP contribution is -2.17. The summed E-state index contributed by atoms with van der Waals surface area (Å²) in [5.74, 6) is 1.76. The number of pyridine rings is 1. The maximum atomic E-state index is 4.59. The van der Waals surface area contributed by atoms with E-state index in [9.17, 15) is 0 Å². The summed E-state index contributed by atoms with van der Waals surface area (Å²) in [6.45, 7) is 5.40. The van der Waals surface area contributed by atoms with Gasteiger partial charge in [-0.25, -0.2) is 4.98 Å². The molecule has 0 spiro atoms. The molecule has 0 saturated carbocycles. The van der Waals surface area contributed by atoms with Crippen LogP contribution in [0.3, 0.4) is 0 Å². The number of fused-ring (bicyclic) bond motifs is 1. The van der Waals surface area contributed by atoms with Crippen LogP contribution in [0.4, 0.5) is 5.82 Å². The molecule has 0 aliphatic carbocycles. The van der Waals surface area contributed by atoms with Crippen LogP contribution in [0.15, 0.2) is 12.1 Å². The Kier molecular flexibility index (Phi) is 2.49. The van der Waals surface area contributed by atoms with Crippen molar-refractivity contribution in [3.05, 3.63) is 23.4 Å². The fraction of sp³-hybridized carbons (Fsp3) is 0.545. The van der Waals surface area contributed by atoms with E-state index >= 15 is 0 Å². The minimum absolute atomic E-state index is 0.766. The Morgan fingerprint density at radius 3 is 2.79 bits per heavy atom. The van der Waals surface area contributed by atoms with Gasteiger partial charge in [0.15, 0.2) is 6.71 Å². The first kappa shape index (κ1) is 9.57. The number of hydrogen-bond acceptors (Lipinski definition) is 2. The molecule has 2 nitrogen and oxygen atoms in total. The van der Waals surface area contributed by atoms with Gasteiger partial charge in [0.25, 0.3) is 0 Å². The molecule has 2 rings (SSSR count). The quantitative estimate of drug-likeness (QED) is 0.719. The molecule has 0 saturated heterocycles. The molecule has 2 heterocycles. The predicted octanol–water partition coefficient (Wildman–Crippen LogP) is 2.21. The number of anilines is 1. The maximum Gasteiger partial charge on any atom is 0.153 e. The lowest BCUT2D eigenvalue weighted by Gasteiger charge is -2.07. The minimum Gasteiger partial charge on any atom is -0.373 e. The van der Waals surface area contributed by atoms with Crippen molar-refractivity contribution in [3.63, 3.8) is 0 Å². The zero-order valence-electron chi connectivity index (χ0n) is 9.17. The molecule has 1 aliphatic rings. The van der Waals surface area contributed by atoms with Gasteiger partial charge in [0.2, 0.25) is 0 Å². The molecule has 1 aromatic heterocycles. The van der Waals surface area contributed by atoms with E-state index in [0.29, 0.717) is 0 Å². The van der Waals surface area contributed by atoms with Crippen molar-refractivity contribution < 1.29 is 0 Å². The molecule has 1 N–H and O–H groups in total. The highest BCUT2D eigenvalue weighted by molar-refractivity contribution is 6.60. The second kappa shape index (κ2) is 3.64. The van der Waals surface area contributed by atoms with Crippen LogP contribution >= 0.6 is 0 Å². The average Bonchev–Trinajstić information content (AvgIpc) is 2.59. The van der Waals surface area contributed by atoms with E-state index in [4.69, 9.17) is 0 Å². The van der Waals surface area contributed by atoms with Crippen LogP contribution in [0.25, 0.3) is 0 Å². The summed E-state index contributed by atoms with van der Waals surface area (Å²) in [6, 6.07) is 4.29. The summed E-state index contributed by atoms with van der Waals surface area (Å²) in [4.78, 5) is 4.59. The van der Waals surface area contributed by atoms with Gasteiger partial charge in [-0.15, -0.1) is 0 Å². The second-order valence-corrected chi connectivity index (χ2v) is 4.46. The van der Waals surface area contributed by atoms with E-state index in [2.05, 4.69) is 36.3 Å².